The number of hydrogen-bond donors (Lipinski definition) is 0. The zero-order valence-electron chi connectivity index (χ0n) is 12.8. The Kier molecular flexibility index (Phi) is 10.1. The van der Waals surface area contributed by atoms with Crippen molar-refractivity contribution in [3.8, 4) is 0 Å². The van der Waals surface area contributed by atoms with Crippen LogP contribution in [-0.4, -0.2) is 19.0 Å². The Morgan fingerprint density at radius 3 is 2.05 bits per heavy atom. The maximum absolute atomic E-state index is 11.8. The van der Waals surface area contributed by atoms with Crippen LogP contribution < -0.4 is 0 Å². The molecule has 1 saturated heterocycles. The van der Waals surface area contributed by atoms with Gasteiger partial charge in [0.2, 0.25) is 0 Å². The van der Waals surface area contributed by atoms with Gasteiger partial charge in [0.15, 0.2) is 0 Å². The van der Waals surface area contributed by atoms with Crippen LogP contribution in [-0.2, 0) is 9.53 Å². The summed E-state index contributed by atoms with van der Waals surface area (Å²) in [6, 6.07) is 0. The summed E-state index contributed by atoms with van der Waals surface area (Å²) in [5.41, 5.74) is 0. The fourth-order valence-electron chi connectivity index (χ4n) is 2.78. The Balaban J connectivity index is 1.79. The lowest BCUT2D eigenvalue weighted by molar-refractivity contribution is -0.122. The van der Waals surface area contributed by atoms with E-state index in [0.29, 0.717) is 12.4 Å². The minimum atomic E-state index is 0.221. The monoisotopic (exact) mass is 268 g/mol. The van der Waals surface area contributed by atoms with Gasteiger partial charge in [-0.05, 0) is 12.8 Å². The van der Waals surface area contributed by atoms with E-state index in [9.17, 15) is 4.79 Å². The topological polar surface area (TPSA) is 26.3 Å². The van der Waals surface area contributed by atoms with E-state index in [1.165, 1.54) is 57.8 Å². The average Bonchev–Trinajstić information content (AvgIpc) is 2.95. The molecule has 0 aromatic carbocycles. The van der Waals surface area contributed by atoms with Crippen LogP contribution in [0.3, 0.4) is 0 Å². The number of carbonyl (C=O) groups excluding carboxylic acids is 1. The van der Waals surface area contributed by atoms with E-state index in [-0.39, 0.29) is 5.92 Å². The van der Waals surface area contributed by atoms with Crippen molar-refractivity contribution in [3.05, 3.63) is 0 Å². The van der Waals surface area contributed by atoms with Crippen LogP contribution in [0.2, 0.25) is 0 Å². The van der Waals surface area contributed by atoms with Crippen molar-refractivity contribution in [2.75, 3.05) is 13.2 Å². The van der Waals surface area contributed by atoms with E-state index in [0.717, 1.165) is 25.9 Å². The Bertz CT molecular complexity index is 219. The van der Waals surface area contributed by atoms with Crippen LogP contribution in [0.4, 0.5) is 0 Å². The first-order chi connectivity index (χ1) is 9.34. The molecule has 0 N–H and O–H groups in total. The summed E-state index contributed by atoms with van der Waals surface area (Å²) < 4.78 is 5.26. The molecule has 1 fully saturated rings. The van der Waals surface area contributed by atoms with E-state index in [1.54, 1.807) is 0 Å². The Labute approximate surface area is 119 Å². The summed E-state index contributed by atoms with van der Waals surface area (Å²) in [6.45, 7) is 3.73. The molecular weight excluding hydrogens is 236 g/mol. The van der Waals surface area contributed by atoms with Crippen molar-refractivity contribution in [1.82, 2.24) is 0 Å². The number of ether oxygens (including phenoxy) is 1. The molecule has 0 aromatic rings. The molecule has 0 spiro atoms. The van der Waals surface area contributed by atoms with E-state index < -0.39 is 0 Å². The first-order valence-corrected chi connectivity index (χ1v) is 8.45. The zero-order chi connectivity index (χ0) is 13.8. The van der Waals surface area contributed by atoms with Gasteiger partial charge < -0.3 is 4.74 Å². The van der Waals surface area contributed by atoms with E-state index in [4.69, 9.17) is 4.74 Å². The van der Waals surface area contributed by atoms with Crippen LogP contribution in [0, 0.1) is 5.92 Å². The average molecular weight is 268 g/mol. The lowest BCUT2D eigenvalue weighted by Crippen LogP contribution is -2.13. The van der Waals surface area contributed by atoms with Gasteiger partial charge in [0, 0.05) is 18.9 Å². The van der Waals surface area contributed by atoms with Crippen LogP contribution in [0.25, 0.3) is 0 Å². The summed E-state index contributed by atoms with van der Waals surface area (Å²) in [5, 5.41) is 0. The van der Waals surface area contributed by atoms with Crippen molar-refractivity contribution in [2.24, 2.45) is 5.92 Å². The van der Waals surface area contributed by atoms with Crippen molar-refractivity contribution < 1.29 is 9.53 Å². The van der Waals surface area contributed by atoms with E-state index in [2.05, 4.69) is 6.92 Å². The number of Topliss-reactive ketones (excluding diaryl/α,β-unsaturated/α-hetero) is 1. The molecule has 0 aromatic heterocycles. The first-order valence-electron chi connectivity index (χ1n) is 8.45. The molecule has 1 atom stereocenters. The number of hydrogen-bond acceptors (Lipinski definition) is 2. The maximum atomic E-state index is 11.8. The first kappa shape index (κ1) is 16.7. The molecule has 0 amide bonds. The second-order valence-corrected chi connectivity index (χ2v) is 5.96. The second kappa shape index (κ2) is 11.5. The third-order valence-corrected chi connectivity index (χ3v) is 4.16. The number of unbranched alkanes of at least 4 members (excludes halogenated alkanes) is 9. The fraction of sp³-hybridized carbons (Fsp3) is 0.941. The number of rotatable bonds is 12. The van der Waals surface area contributed by atoms with Gasteiger partial charge in [-0.1, -0.05) is 64.7 Å². The molecule has 19 heavy (non-hydrogen) atoms. The van der Waals surface area contributed by atoms with E-state index >= 15 is 0 Å². The number of carbonyl (C=O) groups is 1. The molecule has 2 nitrogen and oxygen atoms in total. The SMILES string of the molecule is CCCCCCCCCCCCC(=O)C1CCOC1. The molecule has 0 radical (unpaired) electrons. The van der Waals surface area contributed by atoms with E-state index in [1.807, 2.05) is 0 Å². The molecule has 0 bridgehead atoms. The highest BCUT2D eigenvalue weighted by Crippen LogP contribution is 2.17. The number of ketones is 1. The Morgan fingerprint density at radius 1 is 0.947 bits per heavy atom. The van der Waals surface area contributed by atoms with Crippen LogP contribution in [0.1, 0.15) is 84.0 Å². The van der Waals surface area contributed by atoms with Crippen molar-refractivity contribution >= 4 is 5.78 Å². The van der Waals surface area contributed by atoms with Gasteiger partial charge in [0.05, 0.1) is 6.61 Å². The van der Waals surface area contributed by atoms with Crippen molar-refractivity contribution in [2.45, 2.75) is 84.0 Å². The van der Waals surface area contributed by atoms with Gasteiger partial charge in [-0.15, -0.1) is 0 Å². The predicted molar refractivity (Wildman–Crippen MR) is 80.4 cm³/mol. The molecule has 1 aliphatic rings. The summed E-state index contributed by atoms with van der Waals surface area (Å²) in [6.07, 6.45) is 15.1. The summed E-state index contributed by atoms with van der Waals surface area (Å²) >= 11 is 0. The molecule has 1 unspecified atom stereocenters. The highest BCUT2D eigenvalue weighted by Gasteiger charge is 2.22. The highest BCUT2D eigenvalue weighted by molar-refractivity contribution is 5.81. The van der Waals surface area contributed by atoms with Gasteiger partial charge in [0.1, 0.15) is 5.78 Å². The summed E-state index contributed by atoms with van der Waals surface area (Å²) in [5.74, 6) is 0.663. The molecule has 112 valence electrons. The smallest absolute Gasteiger partial charge is 0.138 e. The Morgan fingerprint density at radius 2 is 1.53 bits per heavy atom. The second-order valence-electron chi connectivity index (χ2n) is 5.96. The normalized spacial score (nSPS) is 18.9. The van der Waals surface area contributed by atoms with Crippen LogP contribution in [0.15, 0.2) is 0 Å². The standard InChI is InChI=1S/C17H32O2/c1-2-3-4-5-6-7-8-9-10-11-12-17(18)16-13-14-19-15-16/h16H,2-15H2,1H3. The summed E-state index contributed by atoms with van der Waals surface area (Å²) in [7, 11) is 0. The fourth-order valence-corrected chi connectivity index (χ4v) is 2.78. The molecule has 0 saturated carbocycles. The van der Waals surface area contributed by atoms with Crippen LogP contribution >= 0.6 is 0 Å². The third kappa shape index (κ3) is 8.41. The zero-order valence-corrected chi connectivity index (χ0v) is 12.8. The molecule has 2 heteroatoms. The third-order valence-electron chi connectivity index (χ3n) is 4.16. The highest BCUT2D eigenvalue weighted by atomic mass is 16.5. The van der Waals surface area contributed by atoms with Crippen molar-refractivity contribution in [3.63, 3.8) is 0 Å². The largest absolute Gasteiger partial charge is 0.381 e. The van der Waals surface area contributed by atoms with Gasteiger partial charge in [0.25, 0.3) is 0 Å². The van der Waals surface area contributed by atoms with Gasteiger partial charge >= 0.3 is 0 Å². The van der Waals surface area contributed by atoms with Gasteiger partial charge in [-0.3, -0.25) is 4.79 Å². The molecule has 1 heterocycles. The lowest BCUT2D eigenvalue weighted by Gasteiger charge is -2.06. The molecule has 0 aliphatic carbocycles. The minimum Gasteiger partial charge on any atom is -0.381 e. The summed E-state index contributed by atoms with van der Waals surface area (Å²) in [4.78, 5) is 11.8. The molecular formula is C17H32O2. The molecule has 1 aliphatic heterocycles. The predicted octanol–water partition coefficient (Wildman–Crippen LogP) is 4.90. The minimum absolute atomic E-state index is 0.221. The van der Waals surface area contributed by atoms with Crippen LogP contribution in [0.5, 0.6) is 0 Å². The lowest BCUT2D eigenvalue weighted by atomic mass is 9.98. The maximum Gasteiger partial charge on any atom is 0.138 e. The molecule has 1 rings (SSSR count). The Hall–Kier alpha value is -0.370. The quantitative estimate of drug-likeness (QED) is 0.470. The van der Waals surface area contributed by atoms with Gasteiger partial charge in [-0.2, -0.15) is 0 Å². The van der Waals surface area contributed by atoms with Crippen molar-refractivity contribution in [1.29, 1.82) is 0 Å². The van der Waals surface area contributed by atoms with Gasteiger partial charge in [-0.25, -0.2) is 0 Å².